The number of nitrogens with one attached hydrogen (secondary N) is 2. The molecule has 0 saturated heterocycles. The van der Waals surface area contributed by atoms with Crippen molar-refractivity contribution >= 4 is 62.2 Å². The number of aromatic amines is 1. The number of thiazole rings is 1. The number of ether oxygens (including phenoxy) is 1. The lowest BCUT2D eigenvalue weighted by Crippen LogP contribution is -2.25. The van der Waals surface area contributed by atoms with Crippen molar-refractivity contribution in [2.75, 3.05) is 11.9 Å². The van der Waals surface area contributed by atoms with Crippen LogP contribution < -0.4 is 5.32 Å². The van der Waals surface area contributed by atoms with Crippen molar-refractivity contribution in [1.29, 1.82) is 0 Å². The third-order valence-corrected chi connectivity index (χ3v) is 6.45. The summed E-state index contributed by atoms with van der Waals surface area (Å²) < 4.78 is 4.92. The number of fused-ring (bicyclic) bond motifs is 3. The molecule has 9 nitrogen and oxygen atoms in total. The van der Waals surface area contributed by atoms with E-state index in [-0.39, 0.29) is 18.3 Å². The summed E-state index contributed by atoms with van der Waals surface area (Å²) in [6, 6.07) is 7.80. The van der Waals surface area contributed by atoms with Gasteiger partial charge in [-0.2, -0.15) is 0 Å². The molecule has 0 radical (unpaired) electrons. The van der Waals surface area contributed by atoms with Gasteiger partial charge in [0.2, 0.25) is 11.1 Å². The molecule has 1 atom stereocenters. The Bertz CT molecular complexity index is 1240. The summed E-state index contributed by atoms with van der Waals surface area (Å²) in [7, 11) is 0. The smallest absolute Gasteiger partial charge is 0.311 e. The van der Waals surface area contributed by atoms with Gasteiger partial charge in [-0.1, -0.05) is 36.9 Å². The Labute approximate surface area is 186 Å². The fourth-order valence-corrected chi connectivity index (χ4v) is 4.53. The van der Waals surface area contributed by atoms with Crippen molar-refractivity contribution in [2.24, 2.45) is 0 Å². The van der Waals surface area contributed by atoms with Crippen molar-refractivity contribution in [3.05, 3.63) is 35.3 Å². The second-order valence-electron chi connectivity index (χ2n) is 6.59. The fraction of sp³-hybridized carbons (Fsp3) is 0.300. The largest absolute Gasteiger partial charge is 0.466 e. The van der Waals surface area contributed by atoms with Gasteiger partial charge in [0.15, 0.2) is 10.8 Å². The summed E-state index contributed by atoms with van der Waals surface area (Å²) in [5.41, 5.74) is 2.84. The molecular formula is C20H20N6O3S2. The molecule has 4 rings (SSSR count). The van der Waals surface area contributed by atoms with Gasteiger partial charge in [-0.3, -0.25) is 9.59 Å². The van der Waals surface area contributed by atoms with Crippen LogP contribution in [0.1, 0.15) is 26.0 Å². The number of benzene rings is 1. The zero-order chi connectivity index (χ0) is 21.8. The minimum Gasteiger partial charge on any atom is -0.466 e. The number of nitrogens with zero attached hydrogens (tertiary/aromatic N) is 4. The van der Waals surface area contributed by atoms with Gasteiger partial charge in [0.05, 0.1) is 24.0 Å². The first-order valence-corrected chi connectivity index (χ1v) is 11.5. The number of para-hydroxylation sites is 1. The number of aromatic nitrogens is 5. The quantitative estimate of drug-likeness (QED) is 0.305. The van der Waals surface area contributed by atoms with E-state index >= 15 is 0 Å². The van der Waals surface area contributed by atoms with Crippen molar-refractivity contribution in [3.63, 3.8) is 0 Å². The molecule has 0 bridgehead atoms. The Morgan fingerprint density at radius 2 is 2.06 bits per heavy atom. The SMILES string of the molecule is CCOC(=O)Cc1csc(NC(=O)C(CC)Sc2nnc3c(n2)[nH]c2ccccc23)n1. The number of rotatable bonds is 8. The Kier molecular flexibility index (Phi) is 6.42. The summed E-state index contributed by atoms with van der Waals surface area (Å²) in [6.07, 6.45) is 0.655. The van der Waals surface area contributed by atoms with Crippen molar-refractivity contribution in [2.45, 2.75) is 37.1 Å². The molecule has 0 aliphatic rings. The number of esters is 1. The van der Waals surface area contributed by atoms with E-state index in [9.17, 15) is 9.59 Å². The molecule has 3 heterocycles. The van der Waals surface area contributed by atoms with Crippen LogP contribution in [0.15, 0.2) is 34.8 Å². The van der Waals surface area contributed by atoms with Crippen molar-refractivity contribution in [1.82, 2.24) is 25.1 Å². The van der Waals surface area contributed by atoms with Gasteiger partial charge >= 0.3 is 5.97 Å². The highest BCUT2D eigenvalue weighted by molar-refractivity contribution is 8.00. The molecule has 0 saturated carbocycles. The molecule has 0 fully saturated rings. The summed E-state index contributed by atoms with van der Waals surface area (Å²) in [6.45, 7) is 3.99. The lowest BCUT2D eigenvalue weighted by Gasteiger charge is -2.11. The molecule has 1 aromatic carbocycles. The highest BCUT2D eigenvalue weighted by Crippen LogP contribution is 2.27. The lowest BCUT2D eigenvalue weighted by molar-refractivity contribution is -0.142. The number of amides is 1. The van der Waals surface area contributed by atoms with Gasteiger partial charge in [-0.15, -0.1) is 21.5 Å². The first-order valence-electron chi connectivity index (χ1n) is 9.76. The van der Waals surface area contributed by atoms with E-state index in [1.165, 1.54) is 23.1 Å². The Hall–Kier alpha value is -3.05. The van der Waals surface area contributed by atoms with E-state index in [4.69, 9.17) is 4.74 Å². The molecule has 2 N–H and O–H groups in total. The second-order valence-corrected chi connectivity index (χ2v) is 8.62. The summed E-state index contributed by atoms with van der Waals surface area (Å²) in [5.74, 6) is -0.547. The Morgan fingerprint density at radius 3 is 2.87 bits per heavy atom. The molecule has 160 valence electrons. The zero-order valence-corrected chi connectivity index (χ0v) is 18.5. The number of hydrogen-bond donors (Lipinski definition) is 2. The third-order valence-electron chi connectivity index (χ3n) is 4.43. The van der Waals surface area contributed by atoms with Crippen LogP contribution in [0.25, 0.3) is 22.1 Å². The van der Waals surface area contributed by atoms with Crippen molar-refractivity contribution < 1.29 is 14.3 Å². The molecule has 0 aliphatic carbocycles. The molecule has 1 amide bonds. The number of anilines is 1. The van der Waals surface area contributed by atoms with E-state index in [0.717, 1.165) is 10.9 Å². The minimum absolute atomic E-state index is 0.0796. The predicted octanol–water partition coefficient (Wildman–Crippen LogP) is 3.58. The number of carbonyl (C=O) groups is 2. The third kappa shape index (κ3) is 4.83. The van der Waals surface area contributed by atoms with Gasteiger partial charge in [-0.25, -0.2) is 9.97 Å². The molecule has 3 aromatic heterocycles. The maximum absolute atomic E-state index is 12.7. The van der Waals surface area contributed by atoms with E-state index in [1.54, 1.807) is 12.3 Å². The maximum atomic E-state index is 12.7. The van der Waals surface area contributed by atoms with E-state index in [0.29, 0.717) is 40.2 Å². The van der Waals surface area contributed by atoms with Gasteiger partial charge in [0.25, 0.3) is 0 Å². The average Bonchev–Trinajstić information content (AvgIpc) is 3.35. The van der Waals surface area contributed by atoms with E-state index < -0.39 is 5.25 Å². The Balaban J connectivity index is 1.44. The van der Waals surface area contributed by atoms with Crippen LogP contribution in [-0.4, -0.2) is 48.9 Å². The molecule has 11 heteroatoms. The molecule has 4 aromatic rings. The van der Waals surface area contributed by atoms with Crippen LogP contribution in [0.4, 0.5) is 5.13 Å². The maximum Gasteiger partial charge on any atom is 0.311 e. The van der Waals surface area contributed by atoms with Crippen molar-refractivity contribution in [3.8, 4) is 0 Å². The number of hydrogen-bond acceptors (Lipinski definition) is 9. The lowest BCUT2D eigenvalue weighted by atomic mass is 10.2. The molecule has 31 heavy (non-hydrogen) atoms. The van der Waals surface area contributed by atoms with E-state index in [1.807, 2.05) is 31.2 Å². The van der Waals surface area contributed by atoms with Crippen LogP contribution in [0.3, 0.4) is 0 Å². The predicted molar refractivity (Wildman–Crippen MR) is 120 cm³/mol. The number of carbonyl (C=O) groups excluding carboxylic acids is 2. The highest BCUT2D eigenvalue weighted by atomic mass is 32.2. The standard InChI is InChI=1S/C20H20N6O3S2/c1-3-14(18(28)24-19-21-11(10-30-19)9-15(27)29-4-2)31-20-23-17-16(25-26-20)12-7-5-6-8-13(12)22-17/h5-8,10,14H,3-4,9H2,1-2H3,(H,21,24,28)(H,22,23,26). The van der Waals surface area contributed by atoms with Gasteiger partial charge < -0.3 is 15.0 Å². The van der Waals surface area contributed by atoms with Gasteiger partial charge in [0, 0.05) is 16.3 Å². The van der Waals surface area contributed by atoms with Crippen LogP contribution in [0, 0.1) is 0 Å². The highest BCUT2D eigenvalue weighted by Gasteiger charge is 2.22. The number of H-pyrrole nitrogens is 1. The summed E-state index contributed by atoms with van der Waals surface area (Å²) >= 11 is 2.52. The molecule has 0 aliphatic heterocycles. The minimum atomic E-state index is -0.416. The van der Waals surface area contributed by atoms with Crippen LogP contribution in [-0.2, 0) is 20.7 Å². The average molecular weight is 457 g/mol. The second kappa shape index (κ2) is 9.40. The zero-order valence-electron chi connectivity index (χ0n) is 16.9. The van der Waals surface area contributed by atoms with Gasteiger partial charge in [0.1, 0.15) is 5.52 Å². The van der Waals surface area contributed by atoms with Crippen LogP contribution in [0.5, 0.6) is 0 Å². The molecule has 1 unspecified atom stereocenters. The van der Waals surface area contributed by atoms with Gasteiger partial charge in [-0.05, 0) is 19.4 Å². The fourth-order valence-electron chi connectivity index (χ4n) is 3.00. The topological polar surface area (TPSA) is 123 Å². The Morgan fingerprint density at radius 1 is 1.23 bits per heavy atom. The normalized spacial score (nSPS) is 12.2. The molecular weight excluding hydrogens is 436 g/mol. The first kappa shape index (κ1) is 21.2. The monoisotopic (exact) mass is 456 g/mol. The van der Waals surface area contributed by atoms with E-state index in [2.05, 4.69) is 30.5 Å². The molecule has 0 spiro atoms. The number of thioether (sulfide) groups is 1. The first-order chi connectivity index (χ1) is 15.1. The van der Waals surface area contributed by atoms with Crippen LogP contribution >= 0.6 is 23.1 Å². The summed E-state index contributed by atoms with van der Waals surface area (Å²) in [5, 5.41) is 14.4. The summed E-state index contributed by atoms with van der Waals surface area (Å²) in [4.78, 5) is 36.4. The van der Waals surface area contributed by atoms with Crippen LogP contribution in [0.2, 0.25) is 0 Å².